The van der Waals surface area contributed by atoms with Crippen molar-refractivity contribution in [2.45, 2.75) is 38.8 Å². The van der Waals surface area contributed by atoms with E-state index in [1.165, 1.54) is 12.1 Å². The van der Waals surface area contributed by atoms with E-state index in [0.717, 1.165) is 6.42 Å². The molecule has 1 saturated heterocycles. The van der Waals surface area contributed by atoms with Crippen LogP contribution in [0.5, 0.6) is 0 Å². The average molecular weight is 313 g/mol. The highest BCUT2D eigenvalue weighted by Gasteiger charge is 2.35. The van der Waals surface area contributed by atoms with Gasteiger partial charge in [-0.05, 0) is 30.5 Å². The molecular formula is C15H18ClFN2O2. The highest BCUT2D eigenvalue weighted by molar-refractivity contribution is 6.31. The predicted molar refractivity (Wildman–Crippen MR) is 78.3 cm³/mol. The second-order valence-corrected chi connectivity index (χ2v) is 5.50. The second-order valence-electron chi connectivity index (χ2n) is 5.10. The lowest BCUT2D eigenvalue weighted by atomic mass is 10.1. The first-order valence-corrected chi connectivity index (χ1v) is 7.41. The van der Waals surface area contributed by atoms with Crippen LogP contribution in [-0.2, 0) is 16.1 Å². The zero-order chi connectivity index (χ0) is 15.4. The summed E-state index contributed by atoms with van der Waals surface area (Å²) >= 11 is 5.92. The number of hydrogen-bond acceptors (Lipinski definition) is 2. The van der Waals surface area contributed by atoms with E-state index in [1.807, 2.05) is 6.92 Å². The Hall–Kier alpha value is -1.62. The molecule has 4 nitrogen and oxygen atoms in total. The molecule has 114 valence electrons. The van der Waals surface area contributed by atoms with Gasteiger partial charge in [-0.15, -0.1) is 0 Å². The molecule has 0 bridgehead atoms. The quantitative estimate of drug-likeness (QED) is 0.908. The van der Waals surface area contributed by atoms with E-state index in [1.54, 1.807) is 11.0 Å². The van der Waals surface area contributed by atoms with Crippen molar-refractivity contribution in [1.82, 2.24) is 10.2 Å². The molecule has 0 aromatic heterocycles. The lowest BCUT2D eigenvalue weighted by Gasteiger charge is -2.23. The molecule has 0 spiro atoms. The summed E-state index contributed by atoms with van der Waals surface area (Å²) in [5.41, 5.74) is 0.651. The Kier molecular flexibility index (Phi) is 5.17. The van der Waals surface area contributed by atoms with Gasteiger partial charge < -0.3 is 10.2 Å². The third-order valence-electron chi connectivity index (χ3n) is 3.56. The van der Waals surface area contributed by atoms with Crippen molar-refractivity contribution in [1.29, 1.82) is 0 Å². The number of carbonyl (C=O) groups is 2. The molecule has 0 saturated carbocycles. The molecule has 1 fully saturated rings. The average Bonchev–Trinajstić information content (AvgIpc) is 2.80. The van der Waals surface area contributed by atoms with E-state index in [0.29, 0.717) is 24.9 Å². The van der Waals surface area contributed by atoms with Gasteiger partial charge in [0.15, 0.2) is 0 Å². The Morgan fingerprint density at radius 3 is 2.95 bits per heavy atom. The number of amides is 2. The van der Waals surface area contributed by atoms with Crippen molar-refractivity contribution < 1.29 is 14.0 Å². The largest absolute Gasteiger partial charge is 0.350 e. The van der Waals surface area contributed by atoms with E-state index >= 15 is 0 Å². The molecule has 1 aliphatic heterocycles. The number of likely N-dealkylation sites (tertiary alicyclic amines) is 1. The topological polar surface area (TPSA) is 49.4 Å². The fraction of sp³-hybridized carbons (Fsp3) is 0.467. The number of nitrogens with one attached hydrogen (secondary N) is 1. The first-order chi connectivity index (χ1) is 10.0. The van der Waals surface area contributed by atoms with Gasteiger partial charge in [-0.3, -0.25) is 9.59 Å². The number of hydrogen-bond donors (Lipinski definition) is 1. The number of nitrogens with zero attached hydrogens (tertiary/aromatic N) is 1. The number of rotatable bonds is 5. The van der Waals surface area contributed by atoms with Gasteiger partial charge in [0, 0.05) is 24.5 Å². The Morgan fingerprint density at radius 1 is 1.52 bits per heavy atom. The normalized spacial score (nSPS) is 18.1. The predicted octanol–water partition coefficient (Wildman–Crippen LogP) is 2.50. The van der Waals surface area contributed by atoms with Crippen LogP contribution in [0.3, 0.4) is 0 Å². The molecule has 21 heavy (non-hydrogen) atoms. The van der Waals surface area contributed by atoms with Crippen molar-refractivity contribution >= 4 is 23.4 Å². The molecule has 1 aromatic rings. The van der Waals surface area contributed by atoms with E-state index in [9.17, 15) is 14.0 Å². The van der Waals surface area contributed by atoms with Crippen LogP contribution in [0.25, 0.3) is 0 Å². The van der Waals surface area contributed by atoms with Crippen LogP contribution < -0.4 is 5.32 Å². The SMILES string of the molecule is CCCN1C(=O)CC[C@H]1C(=O)NCc1ccc(F)cc1Cl. The van der Waals surface area contributed by atoms with Crippen molar-refractivity contribution in [3.8, 4) is 0 Å². The molecule has 2 rings (SSSR count). The highest BCUT2D eigenvalue weighted by Crippen LogP contribution is 2.20. The molecule has 1 aliphatic rings. The summed E-state index contributed by atoms with van der Waals surface area (Å²) in [7, 11) is 0. The Bertz CT molecular complexity index is 550. The Balaban J connectivity index is 1.96. The molecule has 2 amide bonds. The van der Waals surface area contributed by atoms with Crippen molar-refractivity contribution in [2.75, 3.05) is 6.54 Å². The van der Waals surface area contributed by atoms with Gasteiger partial charge in [-0.2, -0.15) is 0 Å². The zero-order valence-electron chi connectivity index (χ0n) is 11.9. The zero-order valence-corrected chi connectivity index (χ0v) is 12.6. The summed E-state index contributed by atoms with van der Waals surface area (Å²) in [6.07, 6.45) is 1.77. The van der Waals surface area contributed by atoms with Gasteiger partial charge in [0.05, 0.1) is 0 Å². The summed E-state index contributed by atoms with van der Waals surface area (Å²) in [6.45, 7) is 2.79. The van der Waals surface area contributed by atoms with Crippen molar-refractivity contribution in [2.24, 2.45) is 0 Å². The monoisotopic (exact) mass is 312 g/mol. The molecule has 1 aromatic carbocycles. The summed E-state index contributed by atoms with van der Waals surface area (Å²) in [5.74, 6) is -0.572. The van der Waals surface area contributed by atoms with Gasteiger partial charge in [-0.25, -0.2) is 4.39 Å². The minimum absolute atomic E-state index is 0.0248. The van der Waals surface area contributed by atoms with E-state index < -0.39 is 11.9 Å². The van der Waals surface area contributed by atoms with Crippen LogP contribution in [0.1, 0.15) is 31.7 Å². The van der Waals surface area contributed by atoms with E-state index in [2.05, 4.69) is 5.32 Å². The van der Waals surface area contributed by atoms with Gasteiger partial charge in [0.1, 0.15) is 11.9 Å². The summed E-state index contributed by atoms with van der Waals surface area (Å²) < 4.78 is 13.0. The first-order valence-electron chi connectivity index (χ1n) is 7.04. The molecule has 0 aliphatic carbocycles. The molecule has 1 atom stereocenters. The number of carbonyl (C=O) groups excluding carboxylic acids is 2. The maximum absolute atomic E-state index is 13.0. The fourth-order valence-corrected chi connectivity index (χ4v) is 2.73. The smallest absolute Gasteiger partial charge is 0.243 e. The summed E-state index contributed by atoms with van der Waals surface area (Å²) in [6, 6.07) is 3.65. The molecule has 0 unspecified atom stereocenters. The lowest BCUT2D eigenvalue weighted by Crippen LogP contribution is -2.44. The molecular weight excluding hydrogens is 295 g/mol. The van der Waals surface area contributed by atoms with Gasteiger partial charge in [0.25, 0.3) is 0 Å². The first kappa shape index (κ1) is 15.8. The standard InChI is InChI=1S/C15H18ClFN2O2/c1-2-7-19-13(5-6-14(19)20)15(21)18-9-10-3-4-11(17)8-12(10)16/h3-4,8,13H,2,5-7,9H2,1H3,(H,18,21)/t13-/m0/s1. The minimum Gasteiger partial charge on any atom is -0.350 e. The fourth-order valence-electron chi connectivity index (χ4n) is 2.49. The van der Waals surface area contributed by atoms with Gasteiger partial charge in [-0.1, -0.05) is 24.6 Å². The maximum atomic E-state index is 13.0. The molecule has 1 N–H and O–H groups in total. The van der Waals surface area contributed by atoms with Crippen molar-refractivity contribution in [3.05, 3.63) is 34.6 Å². The van der Waals surface area contributed by atoms with E-state index in [4.69, 9.17) is 11.6 Å². The van der Waals surface area contributed by atoms with Crippen LogP contribution in [0.2, 0.25) is 5.02 Å². The Morgan fingerprint density at radius 2 is 2.29 bits per heavy atom. The summed E-state index contributed by atoms with van der Waals surface area (Å²) in [4.78, 5) is 25.6. The van der Waals surface area contributed by atoms with Crippen LogP contribution in [0.15, 0.2) is 18.2 Å². The molecule has 0 radical (unpaired) electrons. The number of halogens is 2. The minimum atomic E-state index is -0.411. The second kappa shape index (κ2) is 6.89. The summed E-state index contributed by atoms with van der Waals surface area (Å²) in [5, 5.41) is 3.05. The molecule has 1 heterocycles. The maximum Gasteiger partial charge on any atom is 0.243 e. The molecule has 6 heteroatoms. The third-order valence-corrected chi connectivity index (χ3v) is 3.92. The lowest BCUT2D eigenvalue weighted by molar-refractivity contribution is -0.135. The number of benzene rings is 1. The van der Waals surface area contributed by atoms with Crippen molar-refractivity contribution in [3.63, 3.8) is 0 Å². The van der Waals surface area contributed by atoms with Crippen LogP contribution >= 0.6 is 11.6 Å². The van der Waals surface area contributed by atoms with Gasteiger partial charge >= 0.3 is 0 Å². The van der Waals surface area contributed by atoms with Crippen LogP contribution in [0, 0.1) is 5.82 Å². The Labute approximate surface area is 128 Å². The van der Waals surface area contributed by atoms with Crippen LogP contribution in [-0.4, -0.2) is 29.3 Å². The highest BCUT2D eigenvalue weighted by atomic mass is 35.5. The van der Waals surface area contributed by atoms with Gasteiger partial charge in [0.2, 0.25) is 11.8 Å². The van der Waals surface area contributed by atoms with Crippen LogP contribution in [0.4, 0.5) is 4.39 Å². The third kappa shape index (κ3) is 3.73. The van der Waals surface area contributed by atoms with E-state index in [-0.39, 0.29) is 23.4 Å².